The van der Waals surface area contributed by atoms with Gasteiger partial charge in [0.2, 0.25) is 17.3 Å². The predicted molar refractivity (Wildman–Crippen MR) is 85.5 cm³/mol. The topological polar surface area (TPSA) is 173 Å². The Morgan fingerprint density at radius 3 is 0.667 bits per heavy atom. The van der Waals surface area contributed by atoms with Crippen molar-refractivity contribution in [3.63, 3.8) is 0 Å². The molecular formula is C8Br4N4O8. The van der Waals surface area contributed by atoms with E-state index in [4.69, 9.17) is 0 Å². The number of nitrogens with zero attached hydrogens (tertiary/aromatic N) is 4. The molecule has 0 aromatic heterocycles. The minimum Gasteiger partial charge on any atom is -0.264 e. The van der Waals surface area contributed by atoms with E-state index in [1.807, 2.05) is 0 Å². The van der Waals surface area contributed by atoms with Crippen LogP contribution >= 0.6 is 63.7 Å². The molecule has 0 atom stereocenters. The fourth-order valence-corrected chi connectivity index (χ4v) is 19.2. The summed E-state index contributed by atoms with van der Waals surface area (Å²) in [7, 11) is 0. The van der Waals surface area contributed by atoms with E-state index in [9.17, 15) is 40.5 Å². The molecule has 0 spiro atoms. The van der Waals surface area contributed by atoms with Crippen LogP contribution in [-0.4, -0.2) is 59.1 Å². The van der Waals surface area contributed by atoms with Crippen molar-refractivity contribution in [2.45, 2.75) is 39.5 Å². The highest BCUT2D eigenvalue weighted by atomic mass is 79.9. The van der Waals surface area contributed by atoms with Gasteiger partial charge in [0, 0.05) is 19.7 Å². The second-order valence-corrected chi connectivity index (χ2v) is 11.3. The molecule has 0 bridgehead atoms. The Kier molecular flexibility index (Phi) is 1.93. The molecule has 12 nitrogen and oxygen atoms in total. The Morgan fingerprint density at radius 2 is 0.583 bits per heavy atom. The van der Waals surface area contributed by atoms with E-state index >= 15 is 0 Å². The van der Waals surface area contributed by atoms with Crippen molar-refractivity contribution in [3.05, 3.63) is 40.5 Å². The molecule has 0 aromatic carbocycles. The maximum Gasteiger partial charge on any atom is 0.310 e. The van der Waals surface area contributed by atoms with Crippen LogP contribution in [0.5, 0.6) is 0 Å². The van der Waals surface area contributed by atoms with Crippen molar-refractivity contribution in [1.29, 1.82) is 0 Å². The molecule has 0 heterocycles. The standard InChI is InChI=1S/C8Br4N4O8/c9-1-5(13(17)18)2(10)6(1,14(19)20)4(12)7(1,15(21)22)3(5,11)8(2,4)16(23)24. The zero-order valence-electron chi connectivity index (χ0n) is 10.6. The number of alkyl halides is 4. The van der Waals surface area contributed by atoms with Crippen LogP contribution in [0.15, 0.2) is 0 Å². The molecule has 6 aliphatic carbocycles. The summed E-state index contributed by atoms with van der Waals surface area (Å²) in [4.78, 5) is 43.8. The molecule has 0 saturated heterocycles. The van der Waals surface area contributed by atoms with E-state index < -0.39 is 59.1 Å². The summed E-state index contributed by atoms with van der Waals surface area (Å²) in [5.41, 5.74) is -9.18. The van der Waals surface area contributed by atoms with Gasteiger partial charge in [0.1, 0.15) is 0 Å². The Hall–Kier alpha value is -0.480. The lowest BCUT2D eigenvalue weighted by molar-refractivity contribution is -0.946. The van der Waals surface area contributed by atoms with Crippen LogP contribution in [-0.2, 0) is 0 Å². The lowest BCUT2D eigenvalue weighted by atomic mass is 8.90. The van der Waals surface area contributed by atoms with Gasteiger partial charge >= 0.3 is 22.2 Å². The van der Waals surface area contributed by atoms with Crippen LogP contribution in [0.3, 0.4) is 0 Å². The first-order valence-corrected chi connectivity index (χ1v) is 9.28. The van der Waals surface area contributed by atoms with E-state index in [2.05, 4.69) is 63.7 Å². The molecule has 16 heteroatoms. The third kappa shape index (κ3) is 0.524. The van der Waals surface area contributed by atoms with Gasteiger partial charge in [-0.2, -0.15) is 0 Å². The molecule has 24 heavy (non-hydrogen) atoms. The predicted octanol–water partition coefficient (Wildman–Crippen LogP) is 0.651. The molecule has 0 aromatic rings. The molecule has 0 radical (unpaired) electrons. The lowest BCUT2D eigenvalue weighted by Crippen LogP contribution is -3.50. The second kappa shape index (κ2) is 2.94. The SMILES string of the molecule is O=[N+]([O-])C12C3(Br)C4([N+](=O)[O-])C1(Br)C1([N+](=O)[O-])C2(Br)C3([N+](=O)[O-])C41Br. The van der Waals surface area contributed by atoms with Crippen LogP contribution in [0.1, 0.15) is 0 Å². The van der Waals surface area contributed by atoms with Crippen LogP contribution in [0, 0.1) is 40.5 Å². The average Bonchev–Trinajstić information content (AvgIpc) is 2.34. The summed E-state index contributed by atoms with van der Waals surface area (Å²) in [5.74, 6) is 0. The van der Waals surface area contributed by atoms with Gasteiger partial charge in [-0.1, -0.05) is 63.7 Å². The van der Waals surface area contributed by atoms with E-state index in [1.54, 1.807) is 0 Å². The van der Waals surface area contributed by atoms with Gasteiger partial charge in [0.05, 0.1) is 0 Å². The third-order valence-corrected chi connectivity index (χ3v) is 14.0. The highest BCUT2D eigenvalue weighted by Gasteiger charge is 3.58. The molecule has 0 N–H and O–H groups in total. The summed E-state index contributed by atoms with van der Waals surface area (Å²) >= 11 is 11.7. The zero-order chi connectivity index (χ0) is 18.3. The van der Waals surface area contributed by atoms with Gasteiger partial charge in [-0.25, -0.2) is 0 Å². The van der Waals surface area contributed by atoms with Crippen molar-refractivity contribution in [2.75, 3.05) is 0 Å². The lowest BCUT2D eigenvalue weighted by Gasteiger charge is -3.08. The molecule has 0 unspecified atom stereocenters. The zero-order valence-corrected chi connectivity index (χ0v) is 16.9. The highest BCUT2D eigenvalue weighted by Crippen LogP contribution is 3.19. The van der Waals surface area contributed by atoms with Gasteiger partial charge in [-0.3, -0.25) is 40.5 Å². The molecule has 128 valence electrons. The fraction of sp³-hybridized carbons (Fsp3) is 1.00. The van der Waals surface area contributed by atoms with Crippen molar-refractivity contribution in [1.82, 2.24) is 0 Å². The first kappa shape index (κ1) is 15.7. The van der Waals surface area contributed by atoms with E-state index in [0.717, 1.165) is 0 Å². The smallest absolute Gasteiger partial charge is 0.264 e. The maximum atomic E-state index is 11.8. The van der Waals surface area contributed by atoms with Gasteiger partial charge < -0.3 is 0 Å². The Labute approximate surface area is 162 Å². The molecule has 0 amide bonds. The summed E-state index contributed by atoms with van der Waals surface area (Å²) in [5, 5.41) is 47.3. The normalized spacial score (nSPS) is 68.2. The van der Waals surface area contributed by atoms with Gasteiger partial charge in [0.15, 0.2) is 0 Å². The van der Waals surface area contributed by atoms with Crippen LogP contribution in [0.2, 0.25) is 0 Å². The largest absolute Gasteiger partial charge is 0.310 e. The van der Waals surface area contributed by atoms with Crippen molar-refractivity contribution in [2.24, 2.45) is 0 Å². The summed E-state index contributed by atoms with van der Waals surface area (Å²) in [6.45, 7) is 0. The van der Waals surface area contributed by atoms with Gasteiger partial charge in [-0.05, 0) is 0 Å². The minimum atomic E-state index is -2.30. The number of halogens is 4. The monoisotopic (exact) mass is 596 g/mol. The summed E-state index contributed by atoms with van der Waals surface area (Å²) in [6, 6.07) is 0. The van der Waals surface area contributed by atoms with Crippen LogP contribution in [0.4, 0.5) is 0 Å². The van der Waals surface area contributed by atoms with Crippen molar-refractivity contribution in [3.8, 4) is 0 Å². The van der Waals surface area contributed by atoms with Crippen LogP contribution < -0.4 is 0 Å². The highest BCUT2D eigenvalue weighted by molar-refractivity contribution is 9.13. The Morgan fingerprint density at radius 1 is 0.458 bits per heavy atom. The third-order valence-electron chi connectivity index (χ3n) is 7.08. The Bertz CT molecular complexity index is 698. The number of hydrogen-bond donors (Lipinski definition) is 0. The van der Waals surface area contributed by atoms with Gasteiger partial charge in [0.25, 0.3) is 0 Å². The number of nitro groups is 4. The molecule has 6 saturated carbocycles. The van der Waals surface area contributed by atoms with Crippen molar-refractivity contribution >= 4 is 63.7 Å². The minimum absolute atomic E-state index is 0.887. The molecule has 6 fully saturated rings. The first-order chi connectivity index (χ1) is 10.8. The molecular weight excluding hydrogens is 600 g/mol. The van der Waals surface area contributed by atoms with Crippen molar-refractivity contribution < 1.29 is 19.7 Å². The van der Waals surface area contributed by atoms with Crippen LogP contribution in [0.25, 0.3) is 0 Å². The number of hydrogen-bond acceptors (Lipinski definition) is 8. The van der Waals surface area contributed by atoms with E-state index in [-0.39, 0.29) is 0 Å². The first-order valence-electron chi connectivity index (χ1n) is 6.11. The quantitative estimate of drug-likeness (QED) is 0.257. The average molecular weight is 600 g/mol. The number of rotatable bonds is 4. The fourth-order valence-electron chi connectivity index (χ4n) is 7.12. The molecule has 6 aliphatic rings. The summed E-state index contributed by atoms with van der Waals surface area (Å²) < 4.78 is -8.65. The van der Waals surface area contributed by atoms with E-state index in [1.165, 1.54) is 0 Å². The van der Waals surface area contributed by atoms with Gasteiger partial charge in [-0.15, -0.1) is 0 Å². The molecule has 6 rings (SSSR count). The Balaban J connectivity index is 1.97. The summed E-state index contributed by atoms with van der Waals surface area (Å²) in [6.07, 6.45) is 0. The second-order valence-electron chi connectivity index (χ2n) is 6.50. The maximum absolute atomic E-state index is 11.8. The molecule has 0 aliphatic heterocycles. The van der Waals surface area contributed by atoms with E-state index in [0.29, 0.717) is 0 Å².